The van der Waals surface area contributed by atoms with Gasteiger partial charge in [0.2, 0.25) is 0 Å². The summed E-state index contributed by atoms with van der Waals surface area (Å²) >= 11 is 0. The van der Waals surface area contributed by atoms with Gasteiger partial charge in [0.1, 0.15) is 11.4 Å². The molecule has 2 N–H and O–H groups in total. The van der Waals surface area contributed by atoms with Gasteiger partial charge in [-0.1, -0.05) is 17.7 Å². The first-order valence-corrected chi connectivity index (χ1v) is 7.33. The molecular formula is C16H20N4O2. The number of aryl methyl sites for hydroxylation is 2. The summed E-state index contributed by atoms with van der Waals surface area (Å²) in [5.74, 6) is 0.602. The van der Waals surface area contributed by atoms with Crippen molar-refractivity contribution in [2.75, 3.05) is 0 Å². The van der Waals surface area contributed by atoms with E-state index in [0.717, 1.165) is 16.9 Å². The van der Waals surface area contributed by atoms with Gasteiger partial charge in [-0.3, -0.25) is 4.79 Å². The zero-order valence-electron chi connectivity index (χ0n) is 13.2. The van der Waals surface area contributed by atoms with Gasteiger partial charge in [0.05, 0.1) is 11.7 Å². The maximum absolute atomic E-state index is 12.4. The Balaban J connectivity index is 1.92. The predicted octanol–water partition coefficient (Wildman–Crippen LogP) is 2.45. The quantitative estimate of drug-likeness (QED) is 0.893. The Morgan fingerprint density at radius 3 is 2.82 bits per heavy atom. The summed E-state index contributed by atoms with van der Waals surface area (Å²) < 4.78 is 6.02. The summed E-state index contributed by atoms with van der Waals surface area (Å²) in [5, 5.41) is 13.3. The Bertz CT molecular complexity index is 721. The van der Waals surface area contributed by atoms with Gasteiger partial charge < -0.3 is 10.1 Å². The van der Waals surface area contributed by atoms with Crippen LogP contribution in [0.3, 0.4) is 0 Å². The Labute approximate surface area is 129 Å². The minimum Gasteiger partial charge on any atom is -0.487 e. The third-order valence-electron chi connectivity index (χ3n) is 3.87. The Morgan fingerprint density at radius 1 is 1.36 bits per heavy atom. The Kier molecular flexibility index (Phi) is 3.39. The fourth-order valence-corrected chi connectivity index (χ4v) is 2.83. The molecule has 0 fully saturated rings. The van der Waals surface area contributed by atoms with E-state index in [1.807, 2.05) is 32.9 Å². The topological polar surface area (TPSA) is 79.9 Å². The van der Waals surface area contributed by atoms with Crippen molar-refractivity contribution in [3.63, 3.8) is 0 Å². The molecule has 0 bridgehead atoms. The van der Waals surface area contributed by atoms with E-state index < -0.39 is 0 Å². The van der Waals surface area contributed by atoms with Gasteiger partial charge in [-0.15, -0.1) is 0 Å². The van der Waals surface area contributed by atoms with Crippen LogP contribution in [-0.2, 0) is 0 Å². The molecule has 1 aromatic carbocycles. The first-order valence-electron chi connectivity index (χ1n) is 7.33. The van der Waals surface area contributed by atoms with Gasteiger partial charge in [0, 0.05) is 12.0 Å². The van der Waals surface area contributed by atoms with E-state index in [9.17, 15) is 4.79 Å². The molecule has 6 nitrogen and oxygen atoms in total. The number of rotatable bonds is 2. The van der Waals surface area contributed by atoms with Crippen molar-refractivity contribution < 1.29 is 9.53 Å². The number of benzene rings is 1. The molecule has 22 heavy (non-hydrogen) atoms. The summed E-state index contributed by atoms with van der Waals surface area (Å²) in [6.45, 7) is 7.83. The second-order valence-corrected chi connectivity index (χ2v) is 6.39. The fourth-order valence-electron chi connectivity index (χ4n) is 2.83. The summed E-state index contributed by atoms with van der Waals surface area (Å²) in [6, 6.07) is 5.93. The van der Waals surface area contributed by atoms with Crippen molar-refractivity contribution in [1.82, 2.24) is 20.7 Å². The van der Waals surface area contributed by atoms with Crippen molar-refractivity contribution in [3.8, 4) is 5.75 Å². The van der Waals surface area contributed by atoms with Crippen LogP contribution in [0.4, 0.5) is 0 Å². The number of fused-ring (bicyclic) bond motifs is 1. The van der Waals surface area contributed by atoms with Crippen LogP contribution in [0.5, 0.6) is 5.75 Å². The molecule has 6 heteroatoms. The molecule has 1 aromatic heterocycles. The molecular weight excluding hydrogens is 280 g/mol. The molecule has 0 spiro atoms. The number of aromatic amines is 1. The van der Waals surface area contributed by atoms with Gasteiger partial charge in [0.15, 0.2) is 5.69 Å². The van der Waals surface area contributed by atoms with E-state index in [2.05, 4.69) is 26.8 Å². The highest BCUT2D eigenvalue weighted by Crippen LogP contribution is 2.39. The van der Waals surface area contributed by atoms with E-state index in [1.165, 1.54) is 0 Å². The van der Waals surface area contributed by atoms with Gasteiger partial charge >= 0.3 is 0 Å². The number of nitrogens with one attached hydrogen (secondary N) is 2. The summed E-state index contributed by atoms with van der Waals surface area (Å²) in [4.78, 5) is 12.4. The zero-order chi connectivity index (χ0) is 15.9. The second kappa shape index (κ2) is 5.12. The lowest BCUT2D eigenvalue weighted by Crippen LogP contribution is -2.41. The van der Waals surface area contributed by atoms with E-state index in [1.54, 1.807) is 6.92 Å². The molecule has 0 saturated heterocycles. The van der Waals surface area contributed by atoms with Crippen LogP contribution in [0.15, 0.2) is 18.2 Å². The number of hydrogen-bond acceptors (Lipinski definition) is 4. The Morgan fingerprint density at radius 2 is 2.14 bits per heavy atom. The monoisotopic (exact) mass is 300 g/mol. The van der Waals surface area contributed by atoms with Crippen molar-refractivity contribution in [2.45, 2.75) is 45.8 Å². The first kappa shape index (κ1) is 14.6. The molecule has 1 aliphatic rings. The van der Waals surface area contributed by atoms with Crippen molar-refractivity contribution in [3.05, 3.63) is 40.7 Å². The number of hydrogen-bond donors (Lipinski definition) is 2. The second-order valence-electron chi connectivity index (χ2n) is 6.39. The van der Waals surface area contributed by atoms with E-state index in [-0.39, 0.29) is 17.6 Å². The number of aromatic nitrogens is 3. The lowest BCUT2D eigenvalue weighted by molar-refractivity contribution is 0.0617. The maximum atomic E-state index is 12.4. The molecule has 3 rings (SSSR count). The summed E-state index contributed by atoms with van der Waals surface area (Å²) in [6.07, 6.45) is 0.700. The lowest BCUT2D eigenvalue weighted by Gasteiger charge is -2.38. The van der Waals surface area contributed by atoms with Crippen molar-refractivity contribution >= 4 is 5.91 Å². The molecule has 2 aromatic rings. The van der Waals surface area contributed by atoms with Crippen LogP contribution in [0.2, 0.25) is 0 Å². The number of nitrogens with zero attached hydrogens (tertiary/aromatic N) is 2. The standard InChI is InChI=1S/C16H20N4O2/c1-9-5-6-13-11(7-9)12(8-16(3,4)22-13)17-15(21)14-10(2)18-20-19-14/h5-7,12H,8H2,1-4H3,(H,17,21)(H,18,19,20)/t12-/m1/s1. The van der Waals surface area contributed by atoms with Crippen molar-refractivity contribution in [1.29, 1.82) is 0 Å². The van der Waals surface area contributed by atoms with Gasteiger partial charge in [-0.05, 0) is 33.8 Å². The number of amides is 1. The van der Waals surface area contributed by atoms with Gasteiger partial charge in [-0.2, -0.15) is 15.4 Å². The number of ether oxygens (including phenoxy) is 1. The third-order valence-corrected chi connectivity index (χ3v) is 3.87. The lowest BCUT2D eigenvalue weighted by atomic mass is 9.89. The highest BCUT2D eigenvalue weighted by atomic mass is 16.5. The molecule has 1 aliphatic heterocycles. The number of carbonyl (C=O) groups is 1. The highest BCUT2D eigenvalue weighted by Gasteiger charge is 2.35. The molecule has 0 aliphatic carbocycles. The SMILES string of the molecule is Cc1ccc2c(c1)[C@H](NC(=O)c1n[nH]nc1C)CC(C)(C)O2. The first-order chi connectivity index (χ1) is 10.4. The molecule has 116 valence electrons. The largest absolute Gasteiger partial charge is 0.487 e. The minimum atomic E-state index is -0.334. The van der Waals surface area contributed by atoms with Crippen LogP contribution in [0, 0.1) is 13.8 Å². The van der Waals surface area contributed by atoms with Crippen molar-refractivity contribution in [2.24, 2.45) is 0 Å². The van der Waals surface area contributed by atoms with Crippen LogP contribution in [0.1, 0.15) is 53.6 Å². The number of H-pyrrole nitrogens is 1. The van der Waals surface area contributed by atoms with E-state index >= 15 is 0 Å². The molecule has 2 heterocycles. The van der Waals surface area contributed by atoms with Crippen LogP contribution in [0.25, 0.3) is 0 Å². The smallest absolute Gasteiger partial charge is 0.274 e. The van der Waals surface area contributed by atoms with E-state index in [4.69, 9.17) is 4.74 Å². The van der Waals surface area contributed by atoms with Gasteiger partial charge in [-0.25, -0.2) is 0 Å². The molecule has 0 saturated carbocycles. The average Bonchev–Trinajstić information content (AvgIpc) is 2.85. The van der Waals surface area contributed by atoms with Crippen LogP contribution in [-0.4, -0.2) is 26.9 Å². The highest BCUT2D eigenvalue weighted by molar-refractivity contribution is 5.93. The zero-order valence-corrected chi connectivity index (χ0v) is 13.2. The fraction of sp³-hybridized carbons (Fsp3) is 0.438. The summed E-state index contributed by atoms with van der Waals surface area (Å²) in [5.41, 5.74) is 2.73. The third kappa shape index (κ3) is 2.68. The van der Waals surface area contributed by atoms with Gasteiger partial charge in [0.25, 0.3) is 5.91 Å². The normalized spacial score (nSPS) is 19.2. The molecule has 1 amide bonds. The minimum absolute atomic E-state index is 0.109. The van der Waals surface area contributed by atoms with E-state index in [0.29, 0.717) is 17.8 Å². The average molecular weight is 300 g/mol. The Hall–Kier alpha value is -2.37. The molecule has 0 unspecified atom stereocenters. The summed E-state index contributed by atoms with van der Waals surface area (Å²) in [7, 11) is 0. The molecule has 0 radical (unpaired) electrons. The molecule has 1 atom stereocenters. The number of carbonyl (C=O) groups excluding carboxylic acids is 1. The predicted molar refractivity (Wildman–Crippen MR) is 81.8 cm³/mol. The maximum Gasteiger partial charge on any atom is 0.274 e. The van der Waals surface area contributed by atoms with Crippen LogP contribution >= 0.6 is 0 Å². The van der Waals surface area contributed by atoms with Crippen LogP contribution < -0.4 is 10.1 Å².